The predicted octanol–water partition coefficient (Wildman–Crippen LogP) is -0.0925. The van der Waals surface area contributed by atoms with Crippen LogP contribution in [0.15, 0.2) is 24.4 Å². The lowest BCUT2D eigenvalue weighted by atomic mass is 10.3. The molecule has 0 aromatic rings. The highest BCUT2D eigenvalue weighted by atomic mass is 32.2. The first-order valence-corrected chi connectivity index (χ1v) is 5.40. The molecule has 1 unspecified atom stereocenters. The molecule has 6 nitrogen and oxygen atoms in total. The molecule has 1 rings (SSSR count). The summed E-state index contributed by atoms with van der Waals surface area (Å²) >= 11 is 0. The van der Waals surface area contributed by atoms with Crippen molar-refractivity contribution in [3.63, 3.8) is 0 Å². The van der Waals surface area contributed by atoms with Crippen LogP contribution < -0.4 is 5.11 Å². The Morgan fingerprint density at radius 2 is 1.94 bits per heavy atom. The standard InChI is InChI=1S/C7H6F3NO5S/c8-7(9,10)17(14,15)16-5-3-1-2-4-11(5)6(12)13/h1-5H,(H,12,13)/p-1. The summed E-state index contributed by atoms with van der Waals surface area (Å²) in [6, 6.07) is 0. The highest BCUT2D eigenvalue weighted by molar-refractivity contribution is 7.87. The van der Waals surface area contributed by atoms with Crippen LogP contribution in [0.2, 0.25) is 0 Å². The van der Waals surface area contributed by atoms with Gasteiger partial charge in [-0.3, -0.25) is 0 Å². The molecule has 96 valence electrons. The molecule has 1 amide bonds. The monoisotopic (exact) mass is 272 g/mol. The molecule has 1 aliphatic heterocycles. The lowest BCUT2D eigenvalue weighted by molar-refractivity contribution is -0.267. The fourth-order valence-corrected chi connectivity index (χ4v) is 1.43. The fraction of sp³-hybridized carbons (Fsp3) is 0.286. The van der Waals surface area contributed by atoms with Gasteiger partial charge in [0.05, 0.1) is 0 Å². The molecule has 10 heteroatoms. The normalized spacial score (nSPS) is 20.6. The van der Waals surface area contributed by atoms with E-state index < -0.39 is 27.9 Å². The summed E-state index contributed by atoms with van der Waals surface area (Å²) in [7, 11) is -5.88. The zero-order chi connectivity index (χ0) is 13.3. The second-order valence-corrected chi connectivity index (χ2v) is 4.35. The molecular formula is C7H5F3NO5S-. The minimum atomic E-state index is -5.88. The first-order chi connectivity index (χ1) is 7.65. The van der Waals surface area contributed by atoms with Crippen LogP contribution in [0, 0.1) is 0 Å². The minimum Gasteiger partial charge on any atom is -0.530 e. The zero-order valence-electron chi connectivity index (χ0n) is 7.92. The number of hydrogen-bond donors (Lipinski definition) is 0. The summed E-state index contributed by atoms with van der Waals surface area (Å²) in [4.78, 5) is 10.6. The molecule has 0 radical (unpaired) electrons. The van der Waals surface area contributed by atoms with Crippen molar-refractivity contribution in [1.29, 1.82) is 0 Å². The van der Waals surface area contributed by atoms with Gasteiger partial charge in [0.1, 0.15) is 6.09 Å². The molecule has 0 aliphatic carbocycles. The van der Waals surface area contributed by atoms with Gasteiger partial charge in [0.25, 0.3) is 0 Å². The SMILES string of the molecule is O=C([O-])N1C=CC=CC1OS(=O)(=O)C(F)(F)F. The van der Waals surface area contributed by atoms with Gasteiger partial charge in [-0.1, -0.05) is 6.08 Å². The van der Waals surface area contributed by atoms with Crippen LogP contribution in [0.1, 0.15) is 0 Å². The average molecular weight is 272 g/mol. The second kappa shape index (κ2) is 4.37. The Morgan fingerprint density at radius 3 is 2.41 bits per heavy atom. The van der Waals surface area contributed by atoms with E-state index in [1.165, 1.54) is 0 Å². The van der Waals surface area contributed by atoms with Gasteiger partial charge in [-0.25, -0.2) is 4.18 Å². The number of rotatable bonds is 2. The number of hydrogen-bond acceptors (Lipinski definition) is 5. The Kier molecular flexibility index (Phi) is 3.48. The first kappa shape index (κ1) is 13.5. The fourth-order valence-electron chi connectivity index (χ4n) is 0.907. The highest BCUT2D eigenvalue weighted by Gasteiger charge is 2.49. The molecule has 0 aromatic carbocycles. The third kappa shape index (κ3) is 2.97. The third-order valence-corrected chi connectivity index (χ3v) is 2.64. The summed E-state index contributed by atoms with van der Waals surface area (Å²) in [6.45, 7) is 0. The Balaban J connectivity index is 2.92. The van der Waals surface area contributed by atoms with Crippen molar-refractivity contribution in [2.75, 3.05) is 0 Å². The summed E-state index contributed by atoms with van der Waals surface area (Å²) < 4.78 is 61.0. The molecule has 1 aliphatic rings. The van der Waals surface area contributed by atoms with E-state index in [1.54, 1.807) is 0 Å². The van der Waals surface area contributed by atoms with E-state index in [-0.39, 0.29) is 4.90 Å². The molecule has 0 N–H and O–H groups in total. The maximum absolute atomic E-state index is 12.0. The first-order valence-electron chi connectivity index (χ1n) is 3.99. The van der Waals surface area contributed by atoms with E-state index >= 15 is 0 Å². The lowest BCUT2D eigenvalue weighted by Crippen LogP contribution is -2.47. The van der Waals surface area contributed by atoms with Gasteiger partial charge in [0, 0.05) is 6.20 Å². The van der Waals surface area contributed by atoms with Crippen LogP contribution in [0.3, 0.4) is 0 Å². The number of carbonyl (C=O) groups excluding carboxylic acids is 1. The Labute approximate surface area is 93.7 Å². The van der Waals surface area contributed by atoms with E-state index in [9.17, 15) is 31.5 Å². The van der Waals surface area contributed by atoms with E-state index in [0.717, 1.165) is 24.4 Å². The van der Waals surface area contributed by atoms with Gasteiger partial charge in [-0.05, 0) is 12.2 Å². The summed E-state index contributed by atoms with van der Waals surface area (Å²) in [5.74, 6) is 0. The van der Waals surface area contributed by atoms with Crippen molar-refractivity contribution >= 4 is 16.2 Å². The van der Waals surface area contributed by atoms with Gasteiger partial charge >= 0.3 is 15.6 Å². The number of alkyl halides is 3. The molecule has 0 spiro atoms. The van der Waals surface area contributed by atoms with Crippen LogP contribution in [-0.4, -0.2) is 31.1 Å². The molecule has 1 atom stereocenters. The lowest BCUT2D eigenvalue weighted by Gasteiger charge is -2.29. The largest absolute Gasteiger partial charge is 0.530 e. The molecule has 1 heterocycles. The molecule has 0 saturated carbocycles. The van der Waals surface area contributed by atoms with Crippen LogP contribution in [0.4, 0.5) is 18.0 Å². The number of nitrogens with zero attached hydrogens (tertiary/aromatic N) is 1. The minimum absolute atomic E-state index is 0.170. The maximum atomic E-state index is 12.0. The topological polar surface area (TPSA) is 86.7 Å². The smallest absolute Gasteiger partial charge is 0.523 e. The van der Waals surface area contributed by atoms with Crippen molar-refractivity contribution in [3.05, 3.63) is 24.4 Å². The number of halogens is 3. The van der Waals surface area contributed by atoms with E-state index in [2.05, 4.69) is 4.18 Å². The highest BCUT2D eigenvalue weighted by Crippen LogP contribution is 2.27. The Bertz CT molecular complexity index is 466. The van der Waals surface area contributed by atoms with Gasteiger partial charge in [0.15, 0.2) is 6.23 Å². The number of amides is 1. The van der Waals surface area contributed by atoms with E-state index in [1.807, 2.05) is 0 Å². The molecule has 17 heavy (non-hydrogen) atoms. The second-order valence-electron chi connectivity index (χ2n) is 2.79. The Morgan fingerprint density at radius 1 is 1.35 bits per heavy atom. The predicted molar refractivity (Wildman–Crippen MR) is 45.4 cm³/mol. The average Bonchev–Trinajstić information content (AvgIpc) is 2.15. The van der Waals surface area contributed by atoms with E-state index in [0.29, 0.717) is 0 Å². The van der Waals surface area contributed by atoms with E-state index in [4.69, 9.17) is 0 Å². The number of carboxylic acid groups (broad SMARTS) is 1. The third-order valence-electron chi connectivity index (χ3n) is 1.63. The van der Waals surface area contributed by atoms with Crippen LogP contribution in [0.5, 0.6) is 0 Å². The number of allylic oxidation sites excluding steroid dienone is 2. The van der Waals surface area contributed by atoms with Crippen LogP contribution in [0.25, 0.3) is 0 Å². The van der Waals surface area contributed by atoms with Gasteiger partial charge < -0.3 is 14.8 Å². The van der Waals surface area contributed by atoms with Crippen LogP contribution >= 0.6 is 0 Å². The molecule has 0 bridgehead atoms. The van der Waals surface area contributed by atoms with Crippen molar-refractivity contribution in [2.24, 2.45) is 0 Å². The van der Waals surface area contributed by atoms with Gasteiger partial charge in [-0.2, -0.15) is 21.6 Å². The molecule has 0 fully saturated rings. The van der Waals surface area contributed by atoms with Gasteiger partial charge in [-0.15, -0.1) is 0 Å². The Hall–Kier alpha value is -1.55. The number of carbonyl (C=O) groups is 1. The van der Waals surface area contributed by atoms with Crippen LogP contribution in [-0.2, 0) is 14.3 Å². The zero-order valence-corrected chi connectivity index (χ0v) is 8.73. The van der Waals surface area contributed by atoms with Gasteiger partial charge in [0.2, 0.25) is 0 Å². The van der Waals surface area contributed by atoms with Crippen molar-refractivity contribution in [3.8, 4) is 0 Å². The molecule has 0 aromatic heterocycles. The molecule has 0 saturated heterocycles. The quantitative estimate of drug-likeness (QED) is 0.518. The summed E-state index contributed by atoms with van der Waals surface area (Å²) in [5, 5.41) is 10.5. The van der Waals surface area contributed by atoms with Crippen molar-refractivity contribution in [2.45, 2.75) is 11.7 Å². The molecular weight excluding hydrogens is 267 g/mol. The van der Waals surface area contributed by atoms with Crippen molar-refractivity contribution in [1.82, 2.24) is 4.90 Å². The van der Waals surface area contributed by atoms with Crippen molar-refractivity contribution < 1.29 is 35.7 Å². The summed E-state index contributed by atoms with van der Waals surface area (Å²) in [5.41, 5.74) is -5.63. The maximum Gasteiger partial charge on any atom is 0.523 e. The summed E-state index contributed by atoms with van der Waals surface area (Å²) in [6.07, 6.45) is 0.0984.